The number of allylic oxidation sites excluding steroid dienone is 4. The molecule has 11 rings (SSSR count). The second kappa shape index (κ2) is 12.0. The molecule has 0 aliphatic heterocycles. The Labute approximate surface area is 310 Å². The molecule has 0 saturated heterocycles. The molecule has 9 aromatic carbocycles. The van der Waals surface area contributed by atoms with E-state index in [1.54, 1.807) is 0 Å². The highest BCUT2D eigenvalue weighted by Gasteiger charge is 2.35. The SMILES string of the molecule is C1=CC2CC2C=C1c1c2ccccc2c(-c2ccc3cc(-c4ccccc4)cc(-c4cccc(-c5cccc6ccccc56)c4)c3c2)c2ccccc12. The van der Waals surface area contributed by atoms with Crippen LogP contribution in [0.15, 0.2) is 194 Å². The van der Waals surface area contributed by atoms with E-state index in [4.69, 9.17) is 0 Å². The standard InChI is InChI=1S/C53H36/c1-2-12-34(13-3-1)43-30-39-25-27-41(32-50(39)51(33-43)38-17-10-16-37(29-38)45-23-11-15-35-14-4-5-18-44(35)45)53-48-21-8-6-19-46(48)52(47-20-7-9-22-49(47)53)40-26-24-36-28-42(36)31-40/h1-27,29-33,36,42H,28H2. The summed E-state index contributed by atoms with van der Waals surface area (Å²) in [5, 5.41) is 10.3. The van der Waals surface area contributed by atoms with Crippen LogP contribution in [0, 0.1) is 11.8 Å². The highest BCUT2D eigenvalue weighted by atomic mass is 14.4. The van der Waals surface area contributed by atoms with Crippen molar-refractivity contribution in [3.63, 3.8) is 0 Å². The summed E-state index contributed by atoms with van der Waals surface area (Å²) in [6.45, 7) is 0. The quantitative estimate of drug-likeness (QED) is 0.160. The fourth-order valence-corrected chi connectivity index (χ4v) is 8.96. The summed E-state index contributed by atoms with van der Waals surface area (Å²) in [5.74, 6) is 1.42. The van der Waals surface area contributed by atoms with Gasteiger partial charge in [-0.2, -0.15) is 0 Å². The molecule has 0 spiro atoms. The zero-order valence-electron chi connectivity index (χ0n) is 29.3. The predicted octanol–water partition coefficient (Wildman–Crippen LogP) is 14.6. The lowest BCUT2D eigenvalue weighted by atomic mass is 9.83. The van der Waals surface area contributed by atoms with Crippen LogP contribution in [0.25, 0.3) is 93.2 Å². The number of rotatable bonds is 5. The third kappa shape index (κ3) is 5.06. The molecule has 0 heteroatoms. The zero-order chi connectivity index (χ0) is 34.9. The Bertz CT molecular complexity index is 2910. The number of hydrogen-bond donors (Lipinski definition) is 0. The minimum absolute atomic E-state index is 0.686. The third-order valence-corrected chi connectivity index (χ3v) is 11.7. The molecule has 0 bridgehead atoms. The molecular formula is C53H36. The lowest BCUT2D eigenvalue weighted by Gasteiger charge is -2.20. The average Bonchev–Trinajstić information content (AvgIpc) is 4.02. The van der Waals surface area contributed by atoms with Crippen LogP contribution in [-0.2, 0) is 0 Å². The number of hydrogen-bond acceptors (Lipinski definition) is 0. The van der Waals surface area contributed by atoms with Gasteiger partial charge >= 0.3 is 0 Å². The van der Waals surface area contributed by atoms with Crippen molar-refractivity contribution in [3.05, 3.63) is 200 Å². The Kier molecular flexibility index (Phi) is 6.85. The molecule has 1 fully saturated rings. The normalized spacial score (nSPS) is 16.3. The lowest BCUT2D eigenvalue weighted by molar-refractivity contribution is 0.985. The van der Waals surface area contributed by atoms with E-state index in [9.17, 15) is 0 Å². The second-order valence-electron chi connectivity index (χ2n) is 14.8. The summed E-state index contributed by atoms with van der Waals surface area (Å²) in [7, 11) is 0. The van der Waals surface area contributed by atoms with Crippen LogP contribution in [0.5, 0.6) is 0 Å². The van der Waals surface area contributed by atoms with E-state index < -0.39 is 0 Å². The third-order valence-electron chi connectivity index (χ3n) is 11.7. The summed E-state index contributed by atoms with van der Waals surface area (Å²) < 4.78 is 0. The Morgan fingerprint density at radius 2 is 0.962 bits per heavy atom. The monoisotopic (exact) mass is 672 g/mol. The molecule has 2 aliphatic carbocycles. The van der Waals surface area contributed by atoms with Gasteiger partial charge in [0.2, 0.25) is 0 Å². The predicted molar refractivity (Wildman–Crippen MR) is 227 cm³/mol. The van der Waals surface area contributed by atoms with Crippen molar-refractivity contribution >= 4 is 48.7 Å². The van der Waals surface area contributed by atoms with Gasteiger partial charge in [0.05, 0.1) is 0 Å². The van der Waals surface area contributed by atoms with Crippen LogP contribution in [-0.4, -0.2) is 0 Å². The molecule has 1 saturated carbocycles. The summed E-state index contributed by atoms with van der Waals surface area (Å²) in [5.41, 5.74) is 12.7. The van der Waals surface area contributed by atoms with E-state index in [1.807, 2.05) is 0 Å². The van der Waals surface area contributed by atoms with E-state index in [-0.39, 0.29) is 0 Å². The van der Waals surface area contributed by atoms with Gasteiger partial charge in [-0.15, -0.1) is 0 Å². The smallest absolute Gasteiger partial charge is 0.00261 e. The largest absolute Gasteiger partial charge is 0.0802 e. The molecule has 248 valence electrons. The van der Waals surface area contributed by atoms with Crippen molar-refractivity contribution in [2.24, 2.45) is 11.8 Å². The summed E-state index contributed by atoms with van der Waals surface area (Å²) >= 11 is 0. The maximum atomic E-state index is 2.53. The fraction of sp³-hybridized carbons (Fsp3) is 0.0566. The summed E-state index contributed by atoms with van der Waals surface area (Å²) in [4.78, 5) is 0. The van der Waals surface area contributed by atoms with Crippen LogP contribution >= 0.6 is 0 Å². The van der Waals surface area contributed by atoms with Gasteiger partial charge in [0.25, 0.3) is 0 Å². The van der Waals surface area contributed by atoms with Gasteiger partial charge in [-0.05, 0) is 141 Å². The van der Waals surface area contributed by atoms with Crippen molar-refractivity contribution in [2.45, 2.75) is 6.42 Å². The Balaban J connectivity index is 1.16. The van der Waals surface area contributed by atoms with Gasteiger partial charge in [-0.1, -0.05) is 170 Å². The zero-order valence-corrected chi connectivity index (χ0v) is 29.3. The van der Waals surface area contributed by atoms with E-state index in [2.05, 4.69) is 194 Å². The second-order valence-corrected chi connectivity index (χ2v) is 14.8. The minimum atomic E-state index is 0.686. The molecule has 2 unspecified atom stereocenters. The topological polar surface area (TPSA) is 0 Å². The van der Waals surface area contributed by atoms with E-state index >= 15 is 0 Å². The van der Waals surface area contributed by atoms with Gasteiger partial charge in [-0.3, -0.25) is 0 Å². The van der Waals surface area contributed by atoms with Crippen molar-refractivity contribution in [1.29, 1.82) is 0 Å². The molecule has 0 amide bonds. The summed E-state index contributed by atoms with van der Waals surface area (Å²) in [6.07, 6.45) is 8.62. The van der Waals surface area contributed by atoms with Crippen LogP contribution in [0.1, 0.15) is 12.0 Å². The van der Waals surface area contributed by atoms with E-state index in [0.29, 0.717) is 5.92 Å². The molecule has 2 atom stereocenters. The van der Waals surface area contributed by atoms with Crippen LogP contribution in [0.3, 0.4) is 0 Å². The van der Waals surface area contributed by atoms with Crippen molar-refractivity contribution in [1.82, 2.24) is 0 Å². The lowest BCUT2D eigenvalue weighted by Crippen LogP contribution is -1.95. The fourth-order valence-electron chi connectivity index (χ4n) is 8.96. The molecule has 2 aliphatic rings. The van der Waals surface area contributed by atoms with Gasteiger partial charge in [-0.25, -0.2) is 0 Å². The van der Waals surface area contributed by atoms with Crippen LogP contribution < -0.4 is 0 Å². The van der Waals surface area contributed by atoms with E-state index in [0.717, 1.165) is 5.92 Å². The van der Waals surface area contributed by atoms with Crippen LogP contribution in [0.2, 0.25) is 0 Å². The Morgan fingerprint density at radius 1 is 0.340 bits per heavy atom. The number of fused-ring (bicyclic) bond motifs is 5. The molecule has 0 aromatic heterocycles. The summed E-state index contributed by atoms with van der Waals surface area (Å²) in [6, 6.07) is 65.2. The highest BCUT2D eigenvalue weighted by Crippen LogP contribution is 2.49. The van der Waals surface area contributed by atoms with E-state index in [1.165, 1.54) is 105 Å². The molecule has 9 aromatic rings. The van der Waals surface area contributed by atoms with Crippen molar-refractivity contribution < 1.29 is 0 Å². The highest BCUT2D eigenvalue weighted by molar-refractivity contribution is 6.20. The first kappa shape index (κ1) is 30.2. The Morgan fingerprint density at radius 3 is 1.72 bits per heavy atom. The molecular weight excluding hydrogens is 637 g/mol. The van der Waals surface area contributed by atoms with Crippen LogP contribution in [0.4, 0.5) is 0 Å². The average molecular weight is 673 g/mol. The van der Waals surface area contributed by atoms with Crippen molar-refractivity contribution in [3.8, 4) is 44.5 Å². The number of benzene rings is 9. The first-order valence-corrected chi connectivity index (χ1v) is 18.8. The molecule has 0 heterocycles. The molecule has 0 nitrogen and oxygen atoms in total. The first-order chi connectivity index (χ1) is 26.3. The first-order valence-electron chi connectivity index (χ1n) is 18.8. The molecule has 53 heavy (non-hydrogen) atoms. The minimum Gasteiger partial charge on any atom is -0.0802 e. The van der Waals surface area contributed by atoms with Crippen molar-refractivity contribution in [2.75, 3.05) is 0 Å². The maximum Gasteiger partial charge on any atom is -0.00261 e. The molecule has 0 radical (unpaired) electrons. The Hall–Kier alpha value is -6.50. The van der Waals surface area contributed by atoms with Gasteiger partial charge in [0, 0.05) is 0 Å². The molecule has 0 N–H and O–H groups in total. The maximum absolute atomic E-state index is 2.53. The van der Waals surface area contributed by atoms with Gasteiger partial charge in [0.1, 0.15) is 0 Å². The van der Waals surface area contributed by atoms with Gasteiger partial charge < -0.3 is 0 Å². The van der Waals surface area contributed by atoms with Gasteiger partial charge in [0.15, 0.2) is 0 Å².